The Labute approximate surface area is 120 Å². The minimum atomic E-state index is 0.638. The van der Waals surface area contributed by atoms with Crippen LogP contribution in [-0.2, 0) is 6.54 Å². The van der Waals surface area contributed by atoms with Crippen molar-refractivity contribution in [2.45, 2.75) is 39.8 Å². The molecule has 4 heteroatoms. The van der Waals surface area contributed by atoms with Crippen LogP contribution in [0.2, 0.25) is 0 Å². The van der Waals surface area contributed by atoms with E-state index in [1.165, 1.54) is 25.1 Å². The fraction of sp³-hybridized carbons (Fsp3) is 0.562. The summed E-state index contributed by atoms with van der Waals surface area (Å²) in [4.78, 5) is 7.04. The Kier molecular flexibility index (Phi) is 3.42. The molecule has 1 aliphatic heterocycles. The zero-order chi connectivity index (χ0) is 14.3. The van der Waals surface area contributed by atoms with Crippen molar-refractivity contribution in [1.29, 1.82) is 0 Å². The molecule has 1 saturated heterocycles. The molecular weight excluding hydrogens is 248 g/mol. The Morgan fingerprint density at radius 1 is 1.40 bits per heavy atom. The molecule has 0 spiro atoms. The summed E-state index contributed by atoms with van der Waals surface area (Å²) in [6.07, 6.45) is 1.25. The van der Waals surface area contributed by atoms with Gasteiger partial charge in [0.15, 0.2) is 0 Å². The van der Waals surface area contributed by atoms with Gasteiger partial charge in [0.25, 0.3) is 0 Å². The number of anilines is 1. The molecule has 0 saturated carbocycles. The number of benzene rings is 1. The van der Waals surface area contributed by atoms with Gasteiger partial charge >= 0.3 is 0 Å². The summed E-state index contributed by atoms with van der Waals surface area (Å²) in [5.74, 6) is 1.33. The van der Waals surface area contributed by atoms with Gasteiger partial charge in [-0.15, -0.1) is 0 Å². The summed E-state index contributed by atoms with van der Waals surface area (Å²) in [5.41, 5.74) is 9.52. The van der Waals surface area contributed by atoms with Crippen LogP contribution in [0, 0.1) is 12.8 Å². The summed E-state index contributed by atoms with van der Waals surface area (Å²) in [6, 6.07) is 7.02. The van der Waals surface area contributed by atoms with E-state index in [1.54, 1.807) is 0 Å². The van der Waals surface area contributed by atoms with E-state index in [0.29, 0.717) is 17.9 Å². The van der Waals surface area contributed by atoms with E-state index in [0.717, 1.165) is 17.6 Å². The van der Waals surface area contributed by atoms with Gasteiger partial charge in [0.05, 0.1) is 11.0 Å². The molecule has 0 bridgehead atoms. The van der Waals surface area contributed by atoms with Crippen molar-refractivity contribution in [1.82, 2.24) is 14.5 Å². The number of fused-ring (bicyclic) bond motifs is 1. The maximum absolute atomic E-state index is 6.11. The molecule has 0 aliphatic carbocycles. The fourth-order valence-electron chi connectivity index (χ4n) is 3.19. The maximum atomic E-state index is 6.11. The predicted octanol–water partition coefficient (Wildman–Crippen LogP) is 2.66. The number of imidazole rings is 1. The average Bonchev–Trinajstić information content (AvgIpc) is 2.96. The second-order valence-electron chi connectivity index (χ2n) is 6.32. The smallest absolute Gasteiger partial charge is 0.201 e. The van der Waals surface area contributed by atoms with Crippen LogP contribution in [0.25, 0.3) is 11.0 Å². The first-order chi connectivity index (χ1) is 9.54. The number of hydrogen-bond donors (Lipinski definition) is 1. The summed E-state index contributed by atoms with van der Waals surface area (Å²) < 4.78 is 2.18. The second kappa shape index (κ2) is 5.09. The number of aromatic nitrogens is 2. The average molecular weight is 272 g/mol. The van der Waals surface area contributed by atoms with Gasteiger partial charge < -0.3 is 15.2 Å². The van der Waals surface area contributed by atoms with Crippen LogP contribution in [0.5, 0.6) is 0 Å². The normalized spacial score (nSPS) is 20.3. The molecule has 1 aliphatic rings. The van der Waals surface area contributed by atoms with Crippen LogP contribution >= 0.6 is 0 Å². The lowest BCUT2D eigenvalue weighted by Gasteiger charge is -2.20. The molecular formula is C16H24N4. The van der Waals surface area contributed by atoms with Gasteiger partial charge in [-0.25, -0.2) is 4.98 Å². The van der Waals surface area contributed by atoms with Crippen LogP contribution in [0.3, 0.4) is 0 Å². The summed E-state index contributed by atoms with van der Waals surface area (Å²) in [7, 11) is 0. The first-order valence-corrected chi connectivity index (χ1v) is 7.51. The van der Waals surface area contributed by atoms with Crippen molar-refractivity contribution in [2.75, 3.05) is 18.8 Å². The van der Waals surface area contributed by atoms with Crippen molar-refractivity contribution in [3.8, 4) is 0 Å². The Hall–Kier alpha value is -1.55. The third-order valence-electron chi connectivity index (χ3n) is 4.42. The molecule has 1 atom stereocenters. The molecule has 0 radical (unpaired) electrons. The fourth-order valence-corrected chi connectivity index (χ4v) is 3.19. The third-order valence-corrected chi connectivity index (χ3v) is 4.42. The third kappa shape index (κ3) is 2.40. The Morgan fingerprint density at radius 3 is 2.90 bits per heavy atom. The van der Waals surface area contributed by atoms with Crippen LogP contribution in [0.15, 0.2) is 18.2 Å². The lowest BCUT2D eigenvalue weighted by atomic mass is 10.1. The number of likely N-dealkylation sites (tertiary alicyclic amines) is 1. The minimum absolute atomic E-state index is 0.638. The van der Waals surface area contributed by atoms with Gasteiger partial charge in [-0.2, -0.15) is 0 Å². The first-order valence-electron chi connectivity index (χ1n) is 7.51. The highest BCUT2D eigenvalue weighted by Crippen LogP contribution is 2.25. The molecule has 1 fully saturated rings. The van der Waals surface area contributed by atoms with Crippen LogP contribution < -0.4 is 5.73 Å². The molecule has 0 amide bonds. The van der Waals surface area contributed by atoms with Crippen LogP contribution in [0.4, 0.5) is 5.95 Å². The van der Waals surface area contributed by atoms with Gasteiger partial charge in [-0.05, 0) is 57.4 Å². The summed E-state index contributed by atoms with van der Waals surface area (Å²) in [6.45, 7) is 9.98. The van der Waals surface area contributed by atoms with E-state index in [4.69, 9.17) is 5.73 Å². The topological polar surface area (TPSA) is 47.1 Å². The number of hydrogen-bond acceptors (Lipinski definition) is 3. The molecule has 4 nitrogen and oxygen atoms in total. The molecule has 2 aromatic rings. The molecule has 108 valence electrons. The maximum Gasteiger partial charge on any atom is 0.201 e. The quantitative estimate of drug-likeness (QED) is 0.934. The Bertz CT molecular complexity index is 614. The largest absolute Gasteiger partial charge is 0.369 e. The minimum Gasteiger partial charge on any atom is -0.369 e. The number of nitrogen functional groups attached to an aromatic ring is 1. The molecule has 3 rings (SSSR count). The van der Waals surface area contributed by atoms with Gasteiger partial charge in [0, 0.05) is 19.1 Å². The lowest BCUT2D eigenvalue weighted by Crippen LogP contribution is -2.28. The number of nitrogens with zero attached hydrogens (tertiary/aromatic N) is 3. The van der Waals surface area contributed by atoms with E-state index in [2.05, 4.69) is 53.4 Å². The van der Waals surface area contributed by atoms with Crippen molar-refractivity contribution in [3.63, 3.8) is 0 Å². The summed E-state index contributed by atoms with van der Waals surface area (Å²) in [5, 5.41) is 0. The summed E-state index contributed by atoms with van der Waals surface area (Å²) >= 11 is 0. The van der Waals surface area contributed by atoms with E-state index in [-0.39, 0.29) is 0 Å². The zero-order valence-electron chi connectivity index (χ0n) is 12.6. The zero-order valence-corrected chi connectivity index (χ0v) is 12.6. The Morgan fingerprint density at radius 2 is 2.20 bits per heavy atom. The predicted molar refractivity (Wildman–Crippen MR) is 83.7 cm³/mol. The Balaban J connectivity index is 1.83. The lowest BCUT2D eigenvalue weighted by molar-refractivity contribution is 0.261. The molecule has 2 heterocycles. The van der Waals surface area contributed by atoms with Crippen molar-refractivity contribution >= 4 is 17.0 Å². The van der Waals surface area contributed by atoms with E-state index in [9.17, 15) is 0 Å². The van der Waals surface area contributed by atoms with E-state index < -0.39 is 0 Å². The van der Waals surface area contributed by atoms with E-state index >= 15 is 0 Å². The number of nitrogens with two attached hydrogens (primary N) is 1. The van der Waals surface area contributed by atoms with Gasteiger partial charge in [0.1, 0.15) is 0 Å². The number of aryl methyl sites for hydroxylation is 1. The van der Waals surface area contributed by atoms with Gasteiger partial charge in [-0.3, -0.25) is 0 Å². The monoisotopic (exact) mass is 272 g/mol. The van der Waals surface area contributed by atoms with Crippen LogP contribution in [-0.4, -0.2) is 33.6 Å². The van der Waals surface area contributed by atoms with Gasteiger partial charge in [-0.1, -0.05) is 6.07 Å². The molecule has 1 aromatic heterocycles. The highest BCUT2D eigenvalue weighted by Gasteiger charge is 2.25. The SMILES string of the molecule is Cc1ccc2c(c1)nc(N)n2CC1CCN(C(C)C)C1. The number of rotatable bonds is 3. The first kappa shape index (κ1) is 13.4. The molecule has 2 N–H and O–H groups in total. The van der Waals surface area contributed by atoms with Crippen LogP contribution in [0.1, 0.15) is 25.8 Å². The standard InChI is InChI=1S/C16H24N4/c1-11(2)19-7-6-13(9-19)10-20-15-5-4-12(3)8-14(15)18-16(20)17/h4-5,8,11,13H,6-7,9-10H2,1-3H3,(H2,17,18). The second-order valence-corrected chi connectivity index (χ2v) is 6.32. The van der Waals surface area contributed by atoms with Crippen molar-refractivity contribution in [3.05, 3.63) is 23.8 Å². The highest BCUT2D eigenvalue weighted by molar-refractivity contribution is 5.79. The van der Waals surface area contributed by atoms with Gasteiger partial charge in [0.2, 0.25) is 5.95 Å². The molecule has 20 heavy (non-hydrogen) atoms. The highest BCUT2D eigenvalue weighted by atomic mass is 15.2. The molecule has 1 unspecified atom stereocenters. The molecule has 1 aromatic carbocycles. The van der Waals surface area contributed by atoms with E-state index in [1.807, 2.05) is 0 Å². The van der Waals surface area contributed by atoms with Crippen molar-refractivity contribution in [2.24, 2.45) is 5.92 Å². The van der Waals surface area contributed by atoms with Crippen molar-refractivity contribution < 1.29 is 0 Å².